The lowest BCUT2D eigenvalue weighted by molar-refractivity contribution is -0.122. The van der Waals surface area contributed by atoms with Crippen molar-refractivity contribution in [2.45, 2.75) is 45.0 Å². The lowest BCUT2D eigenvalue weighted by Gasteiger charge is -2.22. The van der Waals surface area contributed by atoms with E-state index in [0.717, 1.165) is 11.1 Å². The van der Waals surface area contributed by atoms with E-state index in [1.165, 1.54) is 0 Å². The summed E-state index contributed by atoms with van der Waals surface area (Å²) in [5, 5.41) is 14.9. The third kappa shape index (κ3) is 13.3. The summed E-state index contributed by atoms with van der Waals surface area (Å²) in [6.07, 6.45) is -0.0182. The SMILES string of the molecule is NC[C@@H](O)CC(=O)NCCCCN(CCCNC(=O)OCc1ccccc1)C(=O)OCc1ccccc1. The first-order valence-corrected chi connectivity index (χ1v) is 12.5. The highest BCUT2D eigenvalue weighted by molar-refractivity contribution is 5.76. The quantitative estimate of drug-likeness (QED) is 0.252. The molecule has 10 heteroatoms. The number of nitrogens with zero attached hydrogens (tertiary/aromatic N) is 1. The van der Waals surface area contributed by atoms with Crippen molar-refractivity contribution in [2.24, 2.45) is 5.73 Å². The first-order chi connectivity index (χ1) is 18.0. The highest BCUT2D eigenvalue weighted by atomic mass is 16.6. The molecule has 2 aromatic rings. The third-order valence-corrected chi connectivity index (χ3v) is 5.42. The summed E-state index contributed by atoms with van der Waals surface area (Å²) in [5.74, 6) is -0.262. The van der Waals surface area contributed by atoms with Crippen molar-refractivity contribution < 1.29 is 29.0 Å². The maximum atomic E-state index is 12.7. The Hall–Kier alpha value is -3.63. The molecule has 0 saturated carbocycles. The molecule has 0 aromatic heterocycles. The molecule has 0 unspecified atom stereocenters. The normalized spacial score (nSPS) is 11.3. The summed E-state index contributed by atoms with van der Waals surface area (Å²) in [4.78, 5) is 38.0. The largest absolute Gasteiger partial charge is 0.445 e. The van der Waals surface area contributed by atoms with Gasteiger partial charge in [-0.3, -0.25) is 4.79 Å². The number of alkyl carbamates (subject to hydrolysis) is 1. The number of nitrogens with one attached hydrogen (secondary N) is 2. The number of carbonyl (C=O) groups excluding carboxylic acids is 3. The maximum absolute atomic E-state index is 12.7. The van der Waals surface area contributed by atoms with Gasteiger partial charge in [-0.15, -0.1) is 0 Å². The van der Waals surface area contributed by atoms with Gasteiger partial charge in [0.25, 0.3) is 0 Å². The van der Waals surface area contributed by atoms with E-state index in [4.69, 9.17) is 15.2 Å². The zero-order valence-corrected chi connectivity index (χ0v) is 21.1. The predicted octanol–water partition coefficient (Wildman–Crippen LogP) is 2.55. The molecule has 37 heavy (non-hydrogen) atoms. The summed E-state index contributed by atoms with van der Waals surface area (Å²) in [6, 6.07) is 18.8. The summed E-state index contributed by atoms with van der Waals surface area (Å²) < 4.78 is 10.7. The number of aliphatic hydroxyl groups is 1. The van der Waals surface area contributed by atoms with Gasteiger partial charge < -0.3 is 35.8 Å². The van der Waals surface area contributed by atoms with Crippen molar-refractivity contribution in [3.8, 4) is 0 Å². The average Bonchev–Trinajstić information content (AvgIpc) is 2.92. The van der Waals surface area contributed by atoms with E-state index < -0.39 is 18.3 Å². The molecule has 0 saturated heterocycles. The molecule has 0 aliphatic heterocycles. The molecule has 2 aromatic carbocycles. The van der Waals surface area contributed by atoms with Crippen LogP contribution in [0.1, 0.15) is 36.8 Å². The molecule has 0 aliphatic rings. The second-order valence-electron chi connectivity index (χ2n) is 8.52. The summed E-state index contributed by atoms with van der Waals surface area (Å²) in [6.45, 7) is 1.99. The first-order valence-electron chi connectivity index (χ1n) is 12.5. The van der Waals surface area contributed by atoms with Crippen LogP contribution in [0.15, 0.2) is 60.7 Å². The molecule has 5 N–H and O–H groups in total. The molecule has 3 amide bonds. The minimum atomic E-state index is -0.848. The Bertz CT molecular complexity index is 929. The molecule has 202 valence electrons. The number of hydrogen-bond acceptors (Lipinski definition) is 7. The van der Waals surface area contributed by atoms with Gasteiger partial charge >= 0.3 is 12.2 Å². The van der Waals surface area contributed by atoms with Gasteiger partial charge in [-0.25, -0.2) is 9.59 Å². The van der Waals surface area contributed by atoms with Crippen LogP contribution in [0.5, 0.6) is 0 Å². The molecule has 0 radical (unpaired) electrons. The van der Waals surface area contributed by atoms with Crippen LogP contribution in [0.25, 0.3) is 0 Å². The Morgan fingerprint density at radius 1 is 0.811 bits per heavy atom. The van der Waals surface area contributed by atoms with Gasteiger partial charge in [-0.2, -0.15) is 0 Å². The maximum Gasteiger partial charge on any atom is 0.410 e. The fourth-order valence-corrected chi connectivity index (χ4v) is 3.36. The van der Waals surface area contributed by atoms with Crippen LogP contribution in [0.4, 0.5) is 9.59 Å². The van der Waals surface area contributed by atoms with E-state index >= 15 is 0 Å². The number of rotatable bonds is 16. The Kier molecular flexibility index (Phi) is 14.2. The Morgan fingerprint density at radius 2 is 1.38 bits per heavy atom. The molecule has 0 spiro atoms. The van der Waals surface area contributed by atoms with Crippen molar-refractivity contribution in [1.29, 1.82) is 0 Å². The summed E-state index contributed by atoms with van der Waals surface area (Å²) >= 11 is 0. The Morgan fingerprint density at radius 3 is 2.00 bits per heavy atom. The van der Waals surface area contributed by atoms with E-state index in [-0.39, 0.29) is 32.1 Å². The lowest BCUT2D eigenvalue weighted by atomic mass is 10.2. The molecular weight excluding hydrogens is 476 g/mol. The minimum Gasteiger partial charge on any atom is -0.445 e. The van der Waals surface area contributed by atoms with E-state index in [1.54, 1.807) is 4.90 Å². The highest BCUT2D eigenvalue weighted by Gasteiger charge is 2.15. The number of aliphatic hydroxyl groups excluding tert-OH is 1. The van der Waals surface area contributed by atoms with Gasteiger partial charge in [0.05, 0.1) is 12.5 Å². The second-order valence-corrected chi connectivity index (χ2v) is 8.52. The minimum absolute atomic E-state index is 0.0325. The van der Waals surface area contributed by atoms with E-state index in [1.807, 2.05) is 60.7 Å². The predicted molar refractivity (Wildman–Crippen MR) is 139 cm³/mol. The number of benzene rings is 2. The molecule has 0 fully saturated rings. The van der Waals surface area contributed by atoms with Crippen LogP contribution in [0.2, 0.25) is 0 Å². The number of unbranched alkanes of at least 4 members (excludes halogenated alkanes) is 1. The highest BCUT2D eigenvalue weighted by Crippen LogP contribution is 2.06. The van der Waals surface area contributed by atoms with Crippen LogP contribution >= 0.6 is 0 Å². The molecule has 2 rings (SSSR count). The monoisotopic (exact) mass is 514 g/mol. The summed E-state index contributed by atoms with van der Waals surface area (Å²) in [5.41, 5.74) is 7.11. The second kappa shape index (κ2) is 17.7. The Labute approximate surface area is 218 Å². The van der Waals surface area contributed by atoms with E-state index in [0.29, 0.717) is 45.4 Å². The van der Waals surface area contributed by atoms with Crippen molar-refractivity contribution >= 4 is 18.1 Å². The van der Waals surface area contributed by atoms with Gasteiger partial charge in [0.2, 0.25) is 5.91 Å². The molecule has 0 aliphatic carbocycles. The topological polar surface area (TPSA) is 143 Å². The fourth-order valence-electron chi connectivity index (χ4n) is 3.36. The smallest absolute Gasteiger partial charge is 0.410 e. The van der Waals surface area contributed by atoms with Crippen LogP contribution in [0.3, 0.4) is 0 Å². The van der Waals surface area contributed by atoms with Crippen molar-refractivity contribution in [1.82, 2.24) is 15.5 Å². The molecule has 0 bridgehead atoms. The Balaban J connectivity index is 1.73. The van der Waals surface area contributed by atoms with Gasteiger partial charge in [0.15, 0.2) is 0 Å². The zero-order valence-electron chi connectivity index (χ0n) is 21.1. The van der Waals surface area contributed by atoms with Crippen LogP contribution in [0, 0.1) is 0 Å². The lowest BCUT2D eigenvalue weighted by Crippen LogP contribution is -2.36. The van der Waals surface area contributed by atoms with Gasteiger partial charge in [0.1, 0.15) is 13.2 Å². The third-order valence-electron chi connectivity index (χ3n) is 5.42. The van der Waals surface area contributed by atoms with Gasteiger partial charge in [-0.1, -0.05) is 60.7 Å². The molecule has 10 nitrogen and oxygen atoms in total. The fraction of sp³-hybridized carbons (Fsp3) is 0.444. The first kappa shape index (κ1) is 29.6. The average molecular weight is 515 g/mol. The zero-order chi connectivity index (χ0) is 26.7. The van der Waals surface area contributed by atoms with Crippen LogP contribution in [-0.4, -0.2) is 66.9 Å². The number of amides is 3. The van der Waals surface area contributed by atoms with Gasteiger partial charge in [0, 0.05) is 32.7 Å². The molecule has 1 atom stereocenters. The van der Waals surface area contributed by atoms with Crippen LogP contribution < -0.4 is 16.4 Å². The van der Waals surface area contributed by atoms with E-state index in [2.05, 4.69) is 10.6 Å². The van der Waals surface area contributed by atoms with Crippen molar-refractivity contribution in [3.63, 3.8) is 0 Å². The molecular formula is C27H38N4O6. The van der Waals surface area contributed by atoms with E-state index in [9.17, 15) is 19.5 Å². The standard InChI is InChI=1S/C27H38N4O6/c28-19-24(32)18-25(33)29-14-7-8-16-31(27(35)37-21-23-12-5-2-6-13-23)17-9-15-30-26(34)36-20-22-10-3-1-4-11-22/h1-6,10-13,24,32H,7-9,14-21,28H2,(H,29,33)(H,30,34)/t24-/m0/s1. The number of hydrogen-bond donors (Lipinski definition) is 4. The number of carbonyl (C=O) groups is 3. The van der Waals surface area contributed by atoms with Crippen molar-refractivity contribution in [2.75, 3.05) is 32.7 Å². The number of ether oxygens (including phenoxy) is 2. The van der Waals surface area contributed by atoms with Crippen molar-refractivity contribution in [3.05, 3.63) is 71.8 Å². The summed E-state index contributed by atoms with van der Waals surface area (Å²) in [7, 11) is 0. The number of nitrogens with two attached hydrogens (primary N) is 1. The molecule has 0 heterocycles. The van der Waals surface area contributed by atoms with Gasteiger partial charge in [-0.05, 0) is 30.4 Å². The van der Waals surface area contributed by atoms with Crippen LogP contribution in [-0.2, 0) is 27.5 Å².